The van der Waals surface area contributed by atoms with E-state index in [2.05, 4.69) is 0 Å². The predicted molar refractivity (Wildman–Crippen MR) is 69.7 cm³/mol. The molecule has 1 aromatic carbocycles. The zero-order valence-corrected chi connectivity index (χ0v) is 10.6. The first-order chi connectivity index (χ1) is 8.58. The molecular formula is C13H11ClN2O2. The van der Waals surface area contributed by atoms with Gasteiger partial charge in [-0.05, 0) is 18.2 Å². The quantitative estimate of drug-likeness (QED) is 0.741. The number of aromatic nitrogens is 1. The maximum atomic E-state index is 11.7. The van der Waals surface area contributed by atoms with Gasteiger partial charge in [-0.25, -0.2) is 4.90 Å². The number of nitrogens with zero attached hydrogens (tertiary/aromatic N) is 2. The molecule has 5 heteroatoms. The minimum absolute atomic E-state index is 0.142. The SMILES string of the molecule is Cn1c(N2C(=O)CCC2=O)cc2ccc(Cl)cc21. The van der Waals surface area contributed by atoms with Crippen molar-refractivity contribution in [1.82, 2.24) is 4.57 Å². The smallest absolute Gasteiger partial charge is 0.235 e. The number of rotatable bonds is 1. The molecule has 1 fully saturated rings. The van der Waals surface area contributed by atoms with E-state index in [1.807, 2.05) is 29.8 Å². The van der Waals surface area contributed by atoms with Crippen molar-refractivity contribution in [2.24, 2.45) is 7.05 Å². The largest absolute Gasteiger partial charge is 0.330 e. The second kappa shape index (κ2) is 3.85. The number of anilines is 1. The first-order valence-electron chi connectivity index (χ1n) is 5.68. The van der Waals surface area contributed by atoms with Crippen molar-refractivity contribution in [1.29, 1.82) is 0 Å². The molecule has 18 heavy (non-hydrogen) atoms. The molecule has 92 valence electrons. The predicted octanol–water partition coefficient (Wildman–Crippen LogP) is 2.49. The van der Waals surface area contributed by atoms with Gasteiger partial charge in [0.15, 0.2) is 0 Å². The lowest BCUT2D eigenvalue weighted by molar-refractivity contribution is -0.121. The zero-order valence-electron chi connectivity index (χ0n) is 9.81. The molecule has 1 aliphatic rings. The van der Waals surface area contributed by atoms with Gasteiger partial charge >= 0.3 is 0 Å². The molecule has 0 unspecified atom stereocenters. The average molecular weight is 263 g/mol. The summed E-state index contributed by atoms with van der Waals surface area (Å²) in [5.74, 6) is 0.328. The van der Waals surface area contributed by atoms with Crippen LogP contribution in [0.1, 0.15) is 12.8 Å². The second-order valence-electron chi connectivity index (χ2n) is 4.39. The van der Waals surface area contributed by atoms with E-state index >= 15 is 0 Å². The van der Waals surface area contributed by atoms with Crippen LogP contribution in [-0.4, -0.2) is 16.4 Å². The van der Waals surface area contributed by atoms with Gasteiger partial charge in [0.05, 0.1) is 5.52 Å². The van der Waals surface area contributed by atoms with E-state index in [9.17, 15) is 9.59 Å². The Morgan fingerprint density at radius 1 is 1.11 bits per heavy atom. The number of aryl methyl sites for hydroxylation is 1. The fraction of sp³-hybridized carbons (Fsp3) is 0.231. The Kier molecular flexibility index (Phi) is 2.41. The third kappa shape index (κ3) is 1.53. The molecule has 1 aliphatic heterocycles. The van der Waals surface area contributed by atoms with E-state index in [0.29, 0.717) is 23.7 Å². The van der Waals surface area contributed by atoms with Crippen molar-refractivity contribution >= 4 is 40.1 Å². The summed E-state index contributed by atoms with van der Waals surface area (Å²) >= 11 is 5.96. The summed E-state index contributed by atoms with van der Waals surface area (Å²) in [4.78, 5) is 24.8. The minimum atomic E-state index is -0.142. The number of carbonyl (C=O) groups excluding carboxylic acids is 2. The second-order valence-corrected chi connectivity index (χ2v) is 4.82. The van der Waals surface area contributed by atoms with Crippen LogP contribution in [0.5, 0.6) is 0 Å². The van der Waals surface area contributed by atoms with E-state index in [4.69, 9.17) is 11.6 Å². The normalized spacial score (nSPS) is 16.0. The van der Waals surface area contributed by atoms with Crippen LogP contribution in [0.3, 0.4) is 0 Å². The Bertz CT molecular complexity index is 659. The Hall–Kier alpha value is -1.81. The van der Waals surface area contributed by atoms with Crippen molar-refractivity contribution in [2.45, 2.75) is 12.8 Å². The van der Waals surface area contributed by atoms with E-state index in [1.165, 1.54) is 4.90 Å². The highest BCUT2D eigenvalue weighted by Crippen LogP contribution is 2.30. The maximum Gasteiger partial charge on any atom is 0.235 e. The van der Waals surface area contributed by atoms with Crippen LogP contribution in [0.2, 0.25) is 5.02 Å². The third-order valence-corrected chi connectivity index (χ3v) is 3.50. The van der Waals surface area contributed by atoms with Crippen molar-refractivity contribution < 1.29 is 9.59 Å². The van der Waals surface area contributed by atoms with Crippen LogP contribution >= 0.6 is 11.6 Å². The number of carbonyl (C=O) groups is 2. The highest BCUT2D eigenvalue weighted by atomic mass is 35.5. The van der Waals surface area contributed by atoms with E-state index in [-0.39, 0.29) is 11.8 Å². The summed E-state index contributed by atoms with van der Waals surface area (Å²) in [6.45, 7) is 0. The average Bonchev–Trinajstić information content (AvgIpc) is 2.82. The van der Waals surface area contributed by atoms with Crippen LogP contribution in [0.4, 0.5) is 5.82 Å². The third-order valence-electron chi connectivity index (χ3n) is 3.26. The first-order valence-corrected chi connectivity index (χ1v) is 6.06. The molecule has 0 spiro atoms. The van der Waals surface area contributed by atoms with Gasteiger partial charge in [0, 0.05) is 30.3 Å². The van der Waals surface area contributed by atoms with Crippen LogP contribution in [0, 0.1) is 0 Å². The molecule has 2 aromatic rings. The van der Waals surface area contributed by atoms with Gasteiger partial charge in [0.1, 0.15) is 5.82 Å². The molecule has 1 aromatic heterocycles. The van der Waals surface area contributed by atoms with E-state index < -0.39 is 0 Å². The molecule has 0 atom stereocenters. The zero-order chi connectivity index (χ0) is 12.9. The number of benzene rings is 1. The van der Waals surface area contributed by atoms with E-state index in [0.717, 1.165) is 10.9 Å². The summed E-state index contributed by atoms with van der Waals surface area (Å²) < 4.78 is 1.82. The Labute approximate surface area is 109 Å². The lowest BCUT2D eigenvalue weighted by atomic mass is 10.2. The molecule has 0 radical (unpaired) electrons. The minimum Gasteiger partial charge on any atom is -0.330 e. The molecule has 3 rings (SSSR count). The number of halogens is 1. The topological polar surface area (TPSA) is 42.3 Å². The van der Waals surface area contributed by atoms with Crippen LogP contribution in [0.25, 0.3) is 10.9 Å². The van der Waals surface area contributed by atoms with Gasteiger partial charge in [0.2, 0.25) is 11.8 Å². The molecule has 0 saturated carbocycles. The molecule has 2 amide bonds. The van der Waals surface area contributed by atoms with Crippen molar-refractivity contribution in [2.75, 3.05) is 4.90 Å². The monoisotopic (exact) mass is 262 g/mol. The highest BCUT2D eigenvalue weighted by Gasteiger charge is 2.32. The van der Waals surface area contributed by atoms with Crippen molar-refractivity contribution in [3.63, 3.8) is 0 Å². The Balaban J connectivity index is 2.21. The Morgan fingerprint density at radius 3 is 2.44 bits per heavy atom. The fourth-order valence-corrected chi connectivity index (χ4v) is 2.50. The lowest BCUT2D eigenvalue weighted by Crippen LogP contribution is -2.30. The fourth-order valence-electron chi connectivity index (χ4n) is 2.34. The molecule has 4 nitrogen and oxygen atoms in total. The van der Waals surface area contributed by atoms with Gasteiger partial charge < -0.3 is 4.57 Å². The summed E-state index contributed by atoms with van der Waals surface area (Å²) in [6, 6.07) is 7.34. The van der Waals surface area contributed by atoms with Crippen LogP contribution in [-0.2, 0) is 16.6 Å². The van der Waals surface area contributed by atoms with Crippen molar-refractivity contribution in [3.05, 3.63) is 29.3 Å². The molecular weight excluding hydrogens is 252 g/mol. The van der Waals surface area contributed by atoms with Gasteiger partial charge in [-0.3, -0.25) is 9.59 Å². The number of hydrogen-bond acceptors (Lipinski definition) is 2. The van der Waals surface area contributed by atoms with E-state index in [1.54, 1.807) is 6.07 Å². The summed E-state index contributed by atoms with van der Waals surface area (Å²) in [5.41, 5.74) is 0.907. The molecule has 0 bridgehead atoms. The van der Waals surface area contributed by atoms with Crippen molar-refractivity contribution in [3.8, 4) is 0 Å². The molecule has 1 saturated heterocycles. The summed E-state index contributed by atoms with van der Waals surface area (Å²) in [5, 5.41) is 1.60. The molecule has 2 heterocycles. The van der Waals surface area contributed by atoms with Gasteiger partial charge in [0.25, 0.3) is 0 Å². The van der Waals surface area contributed by atoms with Gasteiger partial charge in [-0.15, -0.1) is 0 Å². The van der Waals surface area contributed by atoms with Gasteiger partial charge in [-0.1, -0.05) is 17.7 Å². The maximum absolute atomic E-state index is 11.7. The Morgan fingerprint density at radius 2 is 1.78 bits per heavy atom. The highest BCUT2D eigenvalue weighted by molar-refractivity contribution is 6.31. The van der Waals surface area contributed by atoms with Gasteiger partial charge in [-0.2, -0.15) is 0 Å². The number of fused-ring (bicyclic) bond motifs is 1. The number of imide groups is 1. The molecule has 0 N–H and O–H groups in total. The first kappa shape index (κ1) is 11.3. The number of hydrogen-bond donors (Lipinski definition) is 0. The molecule has 0 aliphatic carbocycles. The number of amides is 2. The summed E-state index contributed by atoms with van der Waals surface area (Å²) in [6.07, 6.45) is 0.586. The van der Waals surface area contributed by atoms with Crippen LogP contribution < -0.4 is 4.90 Å². The lowest BCUT2D eigenvalue weighted by Gasteiger charge is -2.14. The van der Waals surface area contributed by atoms with Crippen LogP contribution in [0.15, 0.2) is 24.3 Å². The summed E-state index contributed by atoms with van der Waals surface area (Å²) in [7, 11) is 1.83. The standard InChI is InChI=1S/C13H11ClN2O2/c1-15-10-7-9(14)3-2-8(10)6-11(15)16-12(17)4-5-13(16)18/h2-3,6-7H,4-5H2,1H3.